The van der Waals surface area contributed by atoms with Crippen LogP contribution in [0.1, 0.15) is 19.4 Å². The number of hydrogen-bond donors (Lipinski definition) is 0. The summed E-state index contributed by atoms with van der Waals surface area (Å²) in [6, 6.07) is 3.98. The van der Waals surface area contributed by atoms with Crippen LogP contribution >= 0.6 is 0 Å². The quantitative estimate of drug-likeness (QED) is 0.789. The van der Waals surface area contributed by atoms with Crippen molar-refractivity contribution in [1.82, 2.24) is 4.90 Å². The average Bonchev–Trinajstić information content (AvgIpc) is 2.22. The van der Waals surface area contributed by atoms with Crippen LogP contribution in [-0.4, -0.2) is 30.2 Å². The summed E-state index contributed by atoms with van der Waals surface area (Å²) in [6.07, 6.45) is 0.210. The Kier molecular flexibility index (Phi) is 3.74. The Labute approximate surface area is 100 Å². The van der Waals surface area contributed by atoms with E-state index in [1.54, 1.807) is 0 Å². The van der Waals surface area contributed by atoms with Crippen LogP contribution in [0, 0.1) is 11.6 Å². The fourth-order valence-electron chi connectivity index (χ4n) is 2.32. The molecule has 1 saturated heterocycles. The number of nitrogens with zero attached hydrogens (tertiary/aromatic N) is 1. The summed E-state index contributed by atoms with van der Waals surface area (Å²) in [6.45, 7) is 5.66. The van der Waals surface area contributed by atoms with Crippen LogP contribution in [0.3, 0.4) is 0 Å². The average molecular weight is 241 g/mol. The molecule has 94 valence electrons. The molecule has 0 spiro atoms. The summed E-state index contributed by atoms with van der Waals surface area (Å²) >= 11 is 0. The Morgan fingerprint density at radius 1 is 1.18 bits per heavy atom. The molecular weight excluding hydrogens is 224 g/mol. The second-order valence-electron chi connectivity index (χ2n) is 4.65. The zero-order valence-corrected chi connectivity index (χ0v) is 10.1. The number of halogens is 2. The van der Waals surface area contributed by atoms with Gasteiger partial charge in [-0.05, 0) is 26.0 Å². The van der Waals surface area contributed by atoms with Gasteiger partial charge in [-0.2, -0.15) is 0 Å². The van der Waals surface area contributed by atoms with Gasteiger partial charge in [-0.15, -0.1) is 0 Å². The smallest absolute Gasteiger partial charge is 0.130 e. The van der Waals surface area contributed by atoms with E-state index in [9.17, 15) is 8.78 Å². The largest absolute Gasteiger partial charge is 0.373 e. The molecule has 1 aliphatic heterocycles. The molecule has 0 bridgehead atoms. The van der Waals surface area contributed by atoms with Crippen molar-refractivity contribution in [2.75, 3.05) is 13.1 Å². The number of morpholine rings is 1. The van der Waals surface area contributed by atoms with Gasteiger partial charge in [0.1, 0.15) is 11.6 Å². The second-order valence-corrected chi connectivity index (χ2v) is 4.65. The van der Waals surface area contributed by atoms with Gasteiger partial charge in [-0.25, -0.2) is 8.78 Å². The van der Waals surface area contributed by atoms with E-state index in [0.29, 0.717) is 19.6 Å². The van der Waals surface area contributed by atoms with E-state index in [2.05, 4.69) is 0 Å². The van der Waals surface area contributed by atoms with Crippen LogP contribution in [0.2, 0.25) is 0 Å². The molecule has 0 N–H and O–H groups in total. The fraction of sp³-hybridized carbons (Fsp3) is 0.538. The van der Waals surface area contributed by atoms with Gasteiger partial charge >= 0.3 is 0 Å². The Bertz CT molecular complexity index is 367. The maximum Gasteiger partial charge on any atom is 0.130 e. The lowest BCUT2D eigenvalue weighted by molar-refractivity contribution is -0.0709. The number of rotatable bonds is 2. The van der Waals surface area contributed by atoms with E-state index >= 15 is 0 Å². The normalized spacial score (nSPS) is 26.1. The molecule has 1 heterocycles. The summed E-state index contributed by atoms with van der Waals surface area (Å²) in [5.41, 5.74) is 0.147. The van der Waals surface area contributed by atoms with Gasteiger partial charge in [-0.1, -0.05) is 6.07 Å². The van der Waals surface area contributed by atoms with Crippen molar-refractivity contribution in [1.29, 1.82) is 0 Å². The first-order valence-electron chi connectivity index (χ1n) is 5.87. The van der Waals surface area contributed by atoms with E-state index in [1.807, 2.05) is 18.7 Å². The molecule has 1 aromatic rings. The van der Waals surface area contributed by atoms with Crippen molar-refractivity contribution in [2.45, 2.75) is 32.6 Å². The number of hydrogen-bond acceptors (Lipinski definition) is 2. The third-order valence-corrected chi connectivity index (χ3v) is 2.94. The Morgan fingerprint density at radius 2 is 1.71 bits per heavy atom. The van der Waals surface area contributed by atoms with Gasteiger partial charge in [0.15, 0.2) is 0 Å². The van der Waals surface area contributed by atoms with E-state index < -0.39 is 11.6 Å². The van der Waals surface area contributed by atoms with Crippen molar-refractivity contribution >= 4 is 0 Å². The summed E-state index contributed by atoms with van der Waals surface area (Å²) in [5.74, 6) is -0.950. The van der Waals surface area contributed by atoms with Crippen molar-refractivity contribution < 1.29 is 13.5 Å². The molecule has 0 radical (unpaired) electrons. The zero-order valence-electron chi connectivity index (χ0n) is 10.1. The Hall–Kier alpha value is -1.00. The van der Waals surface area contributed by atoms with Crippen molar-refractivity contribution in [3.8, 4) is 0 Å². The lowest BCUT2D eigenvalue weighted by Crippen LogP contribution is -2.45. The second kappa shape index (κ2) is 5.10. The Morgan fingerprint density at radius 3 is 2.24 bits per heavy atom. The van der Waals surface area contributed by atoms with Crippen molar-refractivity contribution in [3.05, 3.63) is 35.4 Å². The van der Waals surface area contributed by atoms with Crippen molar-refractivity contribution in [2.24, 2.45) is 0 Å². The van der Waals surface area contributed by atoms with E-state index in [-0.39, 0.29) is 17.8 Å². The van der Waals surface area contributed by atoms with Crippen LogP contribution < -0.4 is 0 Å². The highest BCUT2D eigenvalue weighted by molar-refractivity contribution is 5.19. The van der Waals surface area contributed by atoms with E-state index in [0.717, 1.165) is 0 Å². The topological polar surface area (TPSA) is 12.5 Å². The van der Waals surface area contributed by atoms with Gasteiger partial charge in [0.2, 0.25) is 0 Å². The molecule has 1 fully saturated rings. The molecule has 0 unspecified atom stereocenters. The summed E-state index contributed by atoms with van der Waals surface area (Å²) in [4.78, 5) is 2.03. The van der Waals surface area contributed by atoms with Crippen LogP contribution in [-0.2, 0) is 11.3 Å². The molecule has 0 amide bonds. The van der Waals surface area contributed by atoms with Crippen LogP contribution in [0.5, 0.6) is 0 Å². The maximum absolute atomic E-state index is 13.5. The molecule has 0 aliphatic carbocycles. The van der Waals surface area contributed by atoms with Crippen molar-refractivity contribution in [3.63, 3.8) is 0 Å². The van der Waals surface area contributed by atoms with Gasteiger partial charge in [0.05, 0.1) is 12.2 Å². The highest BCUT2D eigenvalue weighted by Crippen LogP contribution is 2.18. The third kappa shape index (κ3) is 3.01. The predicted octanol–water partition coefficient (Wildman–Crippen LogP) is 2.57. The minimum absolute atomic E-state index is 0.105. The van der Waals surface area contributed by atoms with Crippen LogP contribution in [0.4, 0.5) is 8.78 Å². The molecule has 0 saturated carbocycles. The molecule has 0 aromatic heterocycles. The summed E-state index contributed by atoms with van der Waals surface area (Å²) < 4.78 is 32.6. The predicted molar refractivity (Wildman–Crippen MR) is 61.6 cm³/mol. The lowest BCUT2D eigenvalue weighted by Gasteiger charge is -2.35. The minimum atomic E-state index is -0.475. The minimum Gasteiger partial charge on any atom is -0.373 e. The fourth-order valence-corrected chi connectivity index (χ4v) is 2.32. The first-order chi connectivity index (χ1) is 8.06. The van der Waals surface area contributed by atoms with Gasteiger partial charge in [-0.3, -0.25) is 4.90 Å². The third-order valence-electron chi connectivity index (χ3n) is 2.94. The monoisotopic (exact) mass is 241 g/mol. The SMILES string of the molecule is C[C@@H]1CN(Cc2c(F)cccc2F)C[C@H](C)O1. The molecular formula is C13H17F2NO. The van der Waals surface area contributed by atoms with Gasteiger partial charge in [0, 0.05) is 25.2 Å². The standard InChI is InChI=1S/C13H17F2NO/c1-9-6-16(7-10(2)17-9)8-11-12(14)4-3-5-13(11)15/h3-5,9-10H,6-8H2,1-2H3/t9-,10+. The first-order valence-corrected chi connectivity index (χ1v) is 5.87. The molecule has 2 rings (SSSR count). The molecule has 17 heavy (non-hydrogen) atoms. The van der Waals surface area contributed by atoms with Crippen LogP contribution in [0.15, 0.2) is 18.2 Å². The summed E-state index contributed by atoms with van der Waals surface area (Å²) in [5, 5.41) is 0. The highest BCUT2D eigenvalue weighted by Gasteiger charge is 2.23. The van der Waals surface area contributed by atoms with E-state index in [1.165, 1.54) is 18.2 Å². The lowest BCUT2D eigenvalue weighted by atomic mass is 10.1. The zero-order chi connectivity index (χ0) is 12.4. The summed E-state index contributed by atoms with van der Waals surface area (Å²) in [7, 11) is 0. The molecule has 1 aromatic carbocycles. The molecule has 2 atom stereocenters. The van der Waals surface area contributed by atoms with Crippen LogP contribution in [0.25, 0.3) is 0 Å². The number of benzene rings is 1. The van der Waals surface area contributed by atoms with Gasteiger partial charge in [0.25, 0.3) is 0 Å². The molecule has 4 heteroatoms. The first kappa shape index (κ1) is 12.5. The highest BCUT2D eigenvalue weighted by atomic mass is 19.1. The molecule has 1 aliphatic rings. The molecule has 2 nitrogen and oxygen atoms in total. The van der Waals surface area contributed by atoms with E-state index in [4.69, 9.17) is 4.74 Å². The van der Waals surface area contributed by atoms with Gasteiger partial charge < -0.3 is 4.74 Å². The Balaban J connectivity index is 2.10. The maximum atomic E-state index is 13.5. The number of ether oxygens (including phenoxy) is 1.